The van der Waals surface area contributed by atoms with Gasteiger partial charge >= 0.3 is 0 Å². The number of aliphatic hydroxyl groups excluding tert-OH is 1. The van der Waals surface area contributed by atoms with Gasteiger partial charge in [-0.15, -0.1) is 18.2 Å². The van der Waals surface area contributed by atoms with Gasteiger partial charge in [0.25, 0.3) is 0 Å². The van der Waals surface area contributed by atoms with Crippen molar-refractivity contribution in [2.45, 2.75) is 87.0 Å². The van der Waals surface area contributed by atoms with Crippen LogP contribution in [0.4, 0.5) is 0 Å². The van der Waals surface area contributed by atoms with E-state index in [2.05, 4.69) is 13.5 Å². The molecule has 3 heterocycles. The van der Waals surface area contributed by atoms with E-state index in [0.717, 1.165) is 12.0 Å². The van der Waals surface area contributed by atoms with Gasteiger partial charge in [0.2, 0.25) is 0 Å². The molecule has 2 spiro atoms. The maximum absolute atomic E-state index is 10.8. The van der Waals surface area contributed by atoms with Crippen molar-refractivity contribution in [1.29, 1.82) is 0 Å². The zero-order valence-corrected chi connectivity index (χ0v) is 19.7. The summed E-state index contributed by atoms with van der Waals surface area (Å²) in [5.74, 6) is -1.64. The topological polar surface area (TPSA) is 66.4 Å². The highest BCUT2D eigenvalue weighted by Crippen LogP contribution is 2.52. The predicted molar refractivity (Wildman–Crippen MR) is 121 cm³/mol. The second-order valence-electron chi connectivity index (χ2n) is 9.26. The van der Waals surface area contributed by atoms with Crippen molar-refractivity contribution in [2.75, 3.05) is 13.7 Å². The van der Waals surface area contributed by atoms with E-state index in [0.29, 0.717) is 38.9 Å². The normalized spacial score (nSPS) is 41.9. The van der Waals surface area contributed by atoms with Gasteiger partial charge in [-0.05, 0) is 18.4 Å². The fourth-order valence-electron chi connectivity index (χ4n) is 5.14. The van der Waals surface area contributed by atoms with Crippen LogP contribution >= 0.6 is 11.6 Å². The number of ether oxygens (including phenoxy) is 5. The lowest BCUT2D eigenvalue weighted by molar-refractivity contribution is -0.410. The minimum Gasteiger partial charge on any atom is -0.390 e. The number of benzene rings is 1. The van der Waals surface area contributed by atoms with Crippen LogP contribution in [0.1, 0.15) is 44.6 Å². The van der Waals surface area contributed by atoms with Crippen LogP contribution in [-0.4, -0.2) is 60.2 Å². The van der Waals surface area contributed by atoms with Crippen LogP contribution in [0, 0.1) is 5.92 Å². The van der Waals surface area contributed by atoms with Crippen LogP contribution in [0.25, 0.3) is 0 Å². The van der Waals surface area contributed by atoms with E-state index in [4.69, 9.17) is 35.3 Å². The zero-order valence-electron chi connectivity index (χ0n) is 19.0. The Morgan fingerprint density at radius 3 is 2.75 bits per heavy atom. The smallest absolute Gasteiger partial charge is 0.177 e. The van der Waals surface area contributed by atoms with Gasteiger partial charge in [-0.2, -0.15) is 0 Å². The number of aliphatic hydroxyl groups is 1. The van der Waals surface area contributed by atoms with Crippen LogP contribution in [0.15, 0.2) is 43.0 Å². The molecule has 0 saturated carbocycles. The van der Waals surface area contributed by atoms with E-state index < -0.39 is 17.7 Å². The van der Waals surface area contributed by atoms with Gasteiger partial charge in [0.1, 0.15) is 0 Å². The van der Waals surface area contributed by atoms with E-state index in [9.17, 15) is 5.11 Å². The maximum Gasteiger partial charge on any atom is 0.177 e. The second-order valence-corrected chi connectivity index (χ2v) is 9.76. The van der Waals surface area contributed by atoms with Crippen LogP contribution in [0.5, 0.6) is 0 Å². The van der Waals surface area contributed by atoms with Crippen molar-refractivity contribution in [2.24, 2.45) is 5.92 Å². The number of hydrogen-bond donors (Lipinski definition) is 1. The molecule has 3 aliphatic heterocycles. The van der Waals surface area contributed by atoms with Gasteiger partial charge in [-0.3, -0.25) is 0 Å². The molecule has 4 rings (SSSR count). The van der Waals surface area contributed by atoms with Gasteiger partial charge in [0.05, 0.1) is 36.4 Å². The Bertz CT molecular complexity index is 762. The third-order valence-electron chi connectivity index (χ3n) is 7.07. The molecule has 7 heteroatoms. The van der Waals surface area contributed by atoms with Crippen LogP contribution in [0.3, 0.4) is 0 Å². The molecule has 0 aliphatic carbocycles. The molecule has 178 valence electrons. The summed E-state index contributed by atoms with van der Waals surface area (Å²) in [7, 11) is 1.65. The molecule has 0 amide bonds. The first-order valence-corrected chi connectivity index (χ1v) is 12.0. The van der Waals surface area contributed by atoms with E-state index in [1.54, 1.807) is 13.2 Å². The molecule has 0 radical (unpaired) electrons. The molecule has 0 unspecified atom stereocenters. The highest BCUT2D eigenvalue weighted by atomic mass is 35.5. The molecule has 8 atom stereocenters. The first kappa shape index (κ1) is 24.1. The van der Waals surface area contributed by atoms with Crippen molar-refractivity contribution in [1.82, 2.24) is 0 Å². The third kappa shape index (κ3) is 4.92. The summed E-state index contributed by atoms with van der Waals surface area (Å²) in [6, 6.07) is 10.0. The number of rotatable bonds is 7. The molecule has 0 bridgehead atoms. The van der Waals surface area contributed by atoms with Gasteiger partial charge in [0, 0.05) is 38.9 Å². The molecule has 6 nitrogen and oxygen atoms in total. The first-order valence-electron chi connectivity index (χ1n) is 11.6. The quantitative estimate of drug-likeness (QED) is 0.369. The van der Waals surface area contributed by atoms with E-state index in [1.165, 1.54) is 0 Å². The minimum atomic E-state index is -0.898. The van der Waals surface area contributed by atoms with Crippen molar-refractivity contribution >= 4 is 11.6 Å². The summed E-state index contributed by atoms with van der Waals surface area (Å²) in [5, 5.41) is 10.5. The largest absolute Gasteiger partial charge is 0.390 e. The first-order chi connectivity index (χ1) is 15.4. The highest BCUT2D eigenvalue weighted by molar-refractivity contribution is 6.21. The van der Waals surface area contributed by atoms with Gasteiger partial charge in [-0.25, -0.2) is 0 Å². The Hall–Kier alpha value is -0.990. The molecule has 3 aliphatic rings. The minimum absolute atomic E-state index is 0.124. The Labute approximate surface area is 195 Å². The maximum atomic E-state index is 10.8. The molecule has 1 aromatic carbocycles. The Morgan fingerprint density at radius 1 is 1.25 bits per heavy atom. The van der Waals surface area contributed by atoms with Crippen molar-refractivity contribution in [3.05, 3.63) is 48.6 Å². The molecule has 1 N–H and O–H groups in total. The van der Waals surface area contributed by atoms with Crippen molar-refractivity contribution < 1.29 is 28.8 Å². The standard InChI is InChI=1S/C25H35ClO6/c1-4-20-23(26)22(28-3)15-24(30-20)12-10-17(2)25(32-24)14-19(27)21(31-25)11-13-29-16-18-8-6-5-7-9-18/h4-9,17,19-23,27H,1,10-16H2,2-3H3/t17-,19-,20+,21-,22+,23+,24+,25+/m0/s1. The molecule has 0 aromatic heterocycles. The predicted octanol–water partition coefficient (Wildman–Crippen LogP) is 4.18. The molecule has 1 aromatic rings. The second kappa shape index (κ2) is 10.1. The number of hydrogen-bond acceptors (Lipinski definition) is 6. The summed E-state index contributed by atoms with van der Waals surface area (Å²) in [4.78, 5) is 0. The summed E-state index contributed by atoms with van der Waals surface area (Å²) in [6.45, 7) is 7.02. The lowest BCUT2D eigenvalue weighted by atomic mass is 9.83. The van der Waals surface area contributed by atoms with Gasteiger partial charge in [0.15, 0.2) is 11.6 Å². The van der Waals surface area contributed by atoms with Gasteiger partial charge < -0.3 is 28.8 Å². The van der Waals surface area contributed by atoms with Crippen LogP contribution < -0.4 is 0 Å². The molecule has 3 saturated heterocycles. The monoisotopic (exact) mass is 466 g/mol. The zero-order chi connectivity index (χ0) is 22.8. The Balaban J connectivity index is 1.39. The van der Waals surface area contributed by atoms with E-state index >= 15 is 0 Å². The van der Waals surface area contributed by atoms with Crippen molar-refractivity contribution in [3.8, 4) is 0 Å². The lowest BCUT2D eigenvalue weighted by Gasteiger charge is -2.53. The number of methoxy groups -OCH3 is 1. The average Bonchev–Trinajstić information content (AvgIpc) is 3.11. The van der Waals surface area contributed by atoms with E-state index in [-0.39, 0.29) is 29.6 Å². The Kier molecular flexibility index (Phi) is 7.62. The molecular formula is C25H35ClO6. The summed E-state index contributed by atoms with van der Waals surface area (Å²) in [5.41, 5.74) is 1.12. The number of alkyl halides is 1. The molecular weight excluding hydrogens is 432 g/mol. The fraction of sp³-hybridized carbons (Fsp3) is 0.680. The lowest BCUT2D eigenvalue weighted by Crippen LogP contribution is -2.61. The average molecular weight is 467 g/mol. The highest BCUT2D eigenvalue weighted by Gasteiger charge is 2.60. The van der Waals surface area contributed by atoms with Crippen LogP contribution in [0.2, 0.25) is 0 Å². The van der Waals surface area contributed by atoms with E-state index in [1.807, 2.05) is 30.3 Å². The number of halogens is 1. The van der Waals surface area contributed by atoms with Gasteiger partial charge in [-0.1, -0.05) is 43.3 Å². The van der Waals surface area contributed by atoms with Crippen molar-refractivity contribution in [3.63, 3.8) is 0 Å². The Morgan fingerprint density at radius 2 is 2.03 bits per heavy atom. The summed E-state index contributed by atoms with van der Waals surface area (Å²) >= 11 is 6.53. The fourth-order valence-corrected chi connectivity index (χ4v) is 5.48. The third-order valence-corrected chi connectivity index (χ3v) is 7.60. The molecule has 32 heavy (non-hydrogen) atoms. The summed E-state index contributed by atoms with van der Waals surface area (Å²) in [6.07, 6.45) is 3.23. The molecule has 3 fully saturated rings. The summed E-state index contributed by atoms with van der Waals surface area (Å²) < 4.78 is 30.8. The van der Waals surface area contributed by atoms with Crippen LogP contribution in [-0.2, 0) is 30.3 Å². The SMILES string of the molecule is C=C[C@H]1O[C@@]2(CC[C@H](C)[C@@]3(C[C@H](O)[C@H](CCOCc4ccccc4)O3)O2)C[C@@H](OC)[C@@H]1Cl.